The first-order chi connectivity index (χ1) is 8.92. The van der Waals surface area contributed by atoms with Gasteiger partial charge < -0.3 is 15.8 Å². The van der Waals surface area contributed by atoms with Crippen molar-refractivity contribution in [3.8, 4) is 5.75 Å². The van der Waals surface area contributed by atoms with Gasteiger partial charge in [0.1, 0.15) is 17.4 Å². The molecule has 3 N–H and O–H groups in total. The Hall–Kier alpha value is -2.51. The van der Waals surface area contributed by atoms with Gasteiger partial charge in [-0.25, -0.2) is 9.97 Å². The summed E-state index contributed by atoms with van der Waals surface area (Å²) in [5.41, 5.74) is 5.76. The number of ether oxygens (including phenoxy) is 1. The van der Waals surface area contributed by atoms with E-state index in [0.717, 1.165) is 0 Å². The fraction of sp³-hybridized carbons (Fsp3) is 0.0909. The molecule has 0 unspecified atom stereocenters. The van der Waals surface area contributed by atoms with E-state index in [9.17, 15) is 13.2 Å². The fourth-order valence-electron chi connectivity index (χ4n) is 1.32. The van der Waals surface area contributed by atoms with Crippen LogP contribution in [0.4, 0.5) is 30.5 Å². The molecule has 0 spiro atoms. The molecule has 19 heavy (non-hydrogen) atoms. The zero-order valence-electron chi connectivity index (χ0n) is 9.48. The molecule has 0 fully saturated rings. The standard InChI is InChI=1S/C11H9F3N4O/c12-11(13,14)19-8-3-1-2-7(4-8)18-10-6-16-9(15)5-17-10/h1-6H,(H2,15,16)(H,17,18). The van der Waals surface area contributed by atoms with Crippen LogP contribution in [-0.2, 0) is 0 Å². The number of nitrogen functional groups attached to an aromatic ring is 1. The quantitative estimate of drug-likeness (QED) is 0.897. The van der Waals surface area contributed by atoms with Gasteiger partial charge in [-0.3, -0.25) is 0 Å². The van der Waals surface area contributed by atoms with E-state index < -0.39 is 6.36 Å². The lowest BCUT2D eigenvalue weighted by Crippen LogP contribution is -2.17. The number of rotatable bonds is 3. The number of nitrogens with two attached hydrogens (primary N) is 1. The van der Waals surface area contributed by atoms with Gasteiger partial charge in [0.25, 0.3) is 0 Å². The van der Waals surface area contributed by atoms with E-state index in [0.29, 0.717) is 11.5 Å². The highest BCUT2D eigenvalue weighted by molar-refractivity contribution is 5.57. The molecule has 1 aromatic heterocycles. The van der Waals surface area contributed by atoms with Crippen LogP contribution in [0.15, 0.2) is 36.7 Å². The Labute approximate surface area is 106 Å². The van der Waals surface area contributed by atoms with Crippen LogP contribution in [0.25, 0.3) is 0 Å². The van der Waals surface area contributed by atoms with E-state index in [1.807, 2.05) is 0 Å². The minimum Gasteiger partial charge on any atom is -0.406 e. The van der Waals surface area contributed by atoms with E-state index in [2.05, 4.69) is 20.0 Å². The van der Waals surface area contributed by atoms with Crippen LogP contribution in [0, 0.1) is 0 Å². The SMILES string of the molecule is Nc1cnc(Nc2cccc(OC(F)(F)F)c2)cn1. The lowest BCUT2D eigenvalue weighted by molar-refractivity contribution is -0.274. The van der Waals surface area contributed by atoms with Gasteiger partial charge in [-0.1, -0.05) is 6.07 Å². The molecule has 100 valence electrons. The summed E-state index contributed by atoms with van der Waals surface area (Å²) in [7, 11) is 0. The number of aromatic nitrogens is 2. The van der Waals surface area contributed by atoms with E-state index >= 15 is 0 Å². The predicted octanol–water partition coefficient (Wildman–Crippen LogP) is 2.70. The highest BCUT2D eigenvalue weighted by Gasteiger charge is 2.31. The molecule has 0 saturated heterocycles. The number of nitrogens with one attached hydrogen (secondary N) is 1. The van der Waals surface area contributed by atoms with Crippen molar-refractivity contribution in [1.29, 1.82) is 0 Å². The molecule has 5 nitrogen and oxygen atoms in total. The highest BCUT2D eigenvalue weighted by atomic mass is 19.4. The Bertz CT molecular complexity index is 557. The van der Waals surface area contributed by atoms with E-state index in [1.54, 1.807) is 6.07 Å². The van der Waals surface area contributed by atoms with Crippen molar-refractivity contribution in [3.63, 3.8) is 0 Å². The summed E-state index contributed by atoms with van der Waals surface area (Å²) < 4.78 is 40.0. The second-order valence-electron chi connectivity index (χ2n) is 3.53. The van der Waals surface area contributed by atoms with Crippen molar-refractivity contribution in [1.82, 2.24) is 9.97 Å². The van der Waals surface area contributed by atoms with Gasteiger partial charge >= 0.3 is 6.36 Å². The predicted molar refractivity (Wildman–Crippen MR) is 62.9 cm³/mol. The van der Waals surface area contributed by atoms with Gasteiger partial charge in [0, 0.05) is 11.8 Å². The summed E-state index contributed by atoms with van der Waals surface area (Å²) >= 11 is 0. The maximum Gasteiger partial charge on any atom is 0.573 e. The lowest BCUT2D eigenvalue weighted by atomic mass is 10.3. The zero-order valence-corrected chi connectivity index (χ0v) is 9.48. The monoisotopic (exact) mass is 270 g/mol. The van der Waals surface area contributed by atoms with Crippen LogP contribution in [0.2, 0.25) is 0 Å². The fourth-order valence-corrected chi connectivity index (χ4v) is 1.32. The van der Waals surface area contributed by atoms with Crippen molar-refractivity contribution >= 4 is 17.3 Å². The smallest absolute Gasteiger partial charge is 0.406 e. The van der Waals surface area contributed by atoms with E-state index in [-0.39, 0.29) is 11.6 Å². The number of halogens is 3. The zero-order chi connectivity index (χ0) is 13.9. The van der Waals surface area contributed by atoms with Crippen molar-refractivity contribution in [2.45, 2.75) is 6.36 Å². The third-order valence-corrected chi connectivity index (χ3v) is 2.01. The number of benzene rings is 1. The van der Waals surface area contributed by atoms with Gasteiger partial charge in [-0.15, -0.1) is 13.2 Å². The van der Waals surface area contributed by atoms with Crippen molar-refractivity contribution in [2.24, 2.45) is 0 Å². The van der Waals surface area contributed by atoms with Crippen molar-refractivity contribution < 1.29 is 17.9 Å². The van der Waals surface area contributed by atoms with Crippen LogP contribution in [0.3, 0.4) is 0 Å². The Kier molecular flexibility index (Phi) is 3.41. The van der Waals surface area contributed by atoms with E-state index in [1.165, 1.54) is 30.6 Å². The Balaban J connectivity index is 2.13. The van der Waals surface area contributed by atoms with Gasteiger partial charge in [0.15, 0.2) is 0 Å². The molecule has 2 rings (SSSR count). The van der Waals surface area contributed by atoms with Gasteiger partial charge in [0.2, 0.25) is 0 Å². The molecule has 0 atom stereocenters. The van der Waals surface area contributed by atoms with Gasteiger partial charge in [0.05, 0.1) is 12.4 Å². The average molecular weight is 270 g/mol. The summed E-state index contributed by atoms with van der Waals surface area (Å²) in [6.45, 7) is 0. The average Bonchev–Trinajstić information content (AvgIpc) is 2.30. The topological polar surface area (TPSA) is 73.1 Å². The molecular formula is C11H9F3N4O. The molecule has 0 saturated carbocycles. The molecule has 0 bridgehead atoms. The minimum absolute atomic E-state index is 0.250. The van der Waals surface area contributed by atoms with Crippen molar-refractivity contribution in [2.75, 3.05) is 11.1 Å². The number of alkyl halides is 3. The number of anilines is 3. The lowest BCUT2D eigenvalue weighted by Gasteiger charge is -2.10. The molecular weight excluding hydrogens is 261 g/mol. The van der Waals surface area contributed by atoms with E-state index in [4.69, 9.17) is 5.73 Å². The number of nitrogens with zero attached hydrogens (tertiary/aromatic N) is 2. The van der Waals surface area contributed by atoms with Crippen LogP contribution in [-0.4, -0.2) is 16.3 Å². The Morgan fingerprint density at radius 2 is 1.95 bits per heavy atom. The van der Waals surface area contributed by atoms with Crippen LogP contribution < -0.4 is 15.8 Å². The molecule has 0 radical (unpaired) electrons. The summed E-state index contributed by atoms with van der Waals surface area (Å²) in [4.78, 5) is 7.71. The second kappa shape index (κ2) is 5.01. The van der Waals surface area contributed by atoms with Crippen LogP contribution in [0.1, 0.15) is 0 Å². The van der Waals surface area contributed by atoms with Crippen molar-refractivity contribution in [3.05, 3.63) is 36.7 Å². The molecule has 0 aliphatic heterocycles. The molecule has 8 heteroatoms. The second-order valence-corrected chi connectivity index (χ2v) is 3.53. The molecule has 0 aliphatic rings. The molecule has 0 aliphatic carbocycles. The molecule has 2 aromatic rings. The molecule has 1 aromatic carbocycles. The highest BCUT2D eigenvalue weighted by Crippen LogP contribution is 2.26. The Morgan fingerprint density at radius 1 is 1.16 bits per heavy atom. The minimum atomic E-state index is -4.72. The van der Waals surface area contributed by atoms with Crippen LogP contribution >= 0.6 is 0 Å². The third-order valence-electron chi connectivity index (χ3n) is 2.01. The first-order valence-electron chi connectivity index (χ1n) is 5.13. The molecule has 0 amide bonds. The largest absolute Gasteiger partial charge is 0.573 e. The normalized spacial score (nSPS) is 11.1. The summed E-state index contributed by atoms with van der Waals surface area (Å²) in [6, 6.07) is 5.40. The number of hydrogen-bond acceptors (Lipinski definition) is 5. The summed E-state index contributed by atoms with van der Waals surface area (Å²) in [5, 5.41) is 2.78. The van der Waals surface area contributed by atoms with Gasteiger partial charge in [-0.2, -0.15) is 0 Å². The molecule has 1 heterocycles. The van der Waals surface area contributed by atoms with Gasteiger partial charge in [-0.05, 0) is 12.1 Å². The summed E-state index contributed by atoms with van der Waals surface area (Å²) in [5.74, 6) is 0.291. The third kappa shape index (κ3) is 4.02. The Morgan fingerprint density at radius 3 is 2.58 bits per heavy atom. The summed E-state index contributed by atoms with van der Waals surface area (Å²) in [6.07, 6.45) is -2.02. The van der Waals surface area contributed by atoms with Crippen LogP contribution in [0.5, 0.6) is 5.75 Å². The first-order valence-corrected chi connectivity index (χ1v) is 5.13. The first kappa shape index (κ1) is 12.9. The number of hydrogen-bond donors (Lipinski definition) is 2. The maximum atomic E-state index is 12.1. The maximum absolute atomic E-state index is 12.1.